The van der Waals surface area contributed by atoms with Gasteiger partial charge in [0.1, 0.15) is 5.82 Å². The summed E-state index contributed by atoms with van der Waals surface area (Å²) < 4.78 is 14.1. The number of hydrogen-bond donors (Lipinski definition) is 3. The lowest BCUT2D eigenvalue weighted by Gasteiger charge is -2.21. The van der Waals surface area contributed by atoms with Crippen molar-refractivity contribution in [1.29, 1.82) is 0 Å². The quantitative estimate of drug-likeness (QED) is 0.144. The average Bonchev–Trinajstić information content (AvgIpc) is 3.94. The summed E-state index contributed by atoms with van der Waals surface area (Å²) >= 11 is 9.55. The molecule has 0 saturated carbocycles. The first kappa shape index (κ1) is 42.9. The molecule has 0 saturated heterocycles. The number of anilines is 6. The minimum Gasteiger partial charge on any atom is -0.398 e. The summed E-state index contributed by atoms with van der Waals surface area (Å²) in [7, 11) is 0. The summed E-state index contributed by atoms with van der Waals surface area (Å²) in [5, 5.41) is 0.798. The Kier molecular flexibility index (Phi) is 13.0. The van der Waals surface area contributed by atoms with Gasteiger partial charge in [-0.3, -0.25) is 0 Å². The summed E-state index contributed by atoms with van der Waals surface area (Å²) in [4.78, 5) is 7.22. The lowest BCUT2D eigenvalue weighted by molar-refractivity contribution is 0.626. The number of hydrogen-bond acceptors (Lipinski definition) is 6. The van der Waals surface area contributed by atoms with E-state index in [1.54, 1.807) is 0 Å². The second kappa shape index (κ2) is 18.2. The Morgan fingerprint density at radius 2 is 0.883 bits per heavy atom. The third kappa shape index (κ3) is 9.25. The molecule has 0 bridgehead atoms. The molecule has 6 aromatic rings. The van der Waals surface area contributed by atoms with E-state index in [9.17, 15) is 4.39 Å². The molecule has 0 atom stereocenters. The number of rotatable bonds is 6. The second-order valence-electron chi connectivity index (χ2n) is 16.6. The Morgan fingerprint density at radius 3 is 1.27 bits per heavy atom. The topological polar surface area (TPSA) is 87.8 Å². The summed E-state index contributed by atoms with van der Waals surface area (Å²) in [6.07, 6.45) is 3.21. The zero-order valence-corrected chi connectivity index (χ0v) is 38.1. The standard InChI is InChI=1S/C17H19BrN2.C17H19ClN2.C17H19FN2/c1-11-9-16-15(12(2)17(11)19)7-8-20(16)10-13-3-5-14(18)6-4-13;1-11-8-16-15(12(2)17(11)19)6-7-20(16)10-13-4-3-5-14(18)9-13;1-11-9-16-15(12(2)17(11)19)7-8-20(16)10-13-3-5-14(18)6-4-13/h3-6,9H,7-8,10,19H2,1-2H3;3-5,8-9H,6-7,10,19H2,1-2H3;3-6,9H,7-8,10,19H2,1-2H3. The highest BCUT2D eigenvalue weighted by molar-refractivity contribution is 9.10. The van der Waals surface area contributed by atoms with E-state index < -0.39 is 0 Å². The fraction of sp³-hybridized carbons (Fsp3) is 0.294. The van der Waals surface area contributed by atoms with Crippen molar-refractivity contribution in [2.24, 2.45) is 0 Å². The first-order valence-electron chi connectivity index (χ1n) is 20.8. The molecule has 0 aromatic heterocycles. The lowest BCUT2D eigenvalue weighted by Crippen LogP contribution is -2.19. The molecule has 6 nitrogen and oxygen atoms in total. The molecule has 0 aliphatic carbocycles. The molecule has 60 heavy (non-hydrogen) atoms. The molecule has 6 N–H and O–H groups in total. The highest BCUT2D eigenvalue weighted by Crippen LogP contribution is 2.39. The average molecular weight is 888 g/mol. The summed E-state index contributed by atoms with van der Waals surface area (Å²) in [5.74, 6) is -0.185. The number of nitrogens with zero attached hydrogens (tertiary/aromatic N) is 3. The van der Waals surface area contributed by atoms with E-state index in [-0.39, 0.29) is 5.82 Å². The number of halogens is 3. The maximum absolute atomic E-state index is 13.0. The predicted octanol–water partition coefficient (Wildman–Crippen LogP) is 11.9. The number of nitrogens with two attached hydrogens (primary N) is 3. The van der Waals surface area contributed by atoms with Crippen molar-refractivity contribution in [3.05, 3.63) is 173 Å². The van der Waals surface area contributed by atoms with Crippen LogP contribution in [0.5, 0.6) is 0 Å². The summed E-state index contributed by atoms with van der Waals surface area (Å²) in [5.41, 5.74) is 40.2. The summed E-state index contributed by atoms with van der Waals surface area (Å²) in [6, 6.07) is 30.0. The van der Waals surface area contributed by atoms with E-state index in [1.807, 2.05) is 30.3 Å². The van der Waals surface area contributed by atoms with E-state index in [0.717, 1.165) is 96.2 Å². The molecule has 9 rings (SSSR count). The Labute approximate surface area is 369 Å². The summed E-state index contributed by atoms with van der Waals surface area (Å²) in [6.45, 7) is 18.4. The predicted molar refractivity (Wildman–Crippen MR) is 257 cm³/mol. The monoisotopic (exact) mass is 886 g/mol. The Balaban J connectivity index is 0.000000136. The Hall–Kier alpha value is -5.18. The molecular weight excluding hydrogens is 831 g/mol. The van der Waals surface area contributed by atoms with Crippen LogP contribution in [0.15, 0.2) is 95.5 Å². The van der Waals surface area contributed by atoms with Crippen LogP contribution in [0.1, 0.15) is 66.8 Å². The Bertz CT molecular complexity index is 2400. The van der Waals surface area contributed by atoms with Gasteiger partial charge in [0.05, 0.1) is 0 Å². The normalized spacial score (nSPS) is 13.7. The maximum atomic E-state index is 13.0. The zero-order valence-electron chi connectivity index (χ0n) is 35.7. The molecule has 3 aliphatic rings. The SMILES string of the molecule is Cc1cc2c(c(C)c1N)CCN2Cc1ccc(Br)cc1.Cc1cc2c(c(C)c1N)CCN2Cc1ccc(F)cc1.Cc1cc2c(c(C)c1N)CCN2Cc1cccc(Cl)c1. The van der Waals surface area contributed by atoms with E-state index in [1.165, 1.54) is 84.8 Å². The van der Waals surface area contributed by atoms with Gasteiger partial charge in [-0.2, -0.15) is 0 Å². The maximum Gasteiger partial charge on any atom is 0.123 e. The van der Waals surface area contributed by atoms with E-state index in [2.05, 4.69) is 121 Å². The zero-order chi connectivity index (χ0) is 42.8. The fourth-order valence-electron chi connectivity index (χ4n) is 8.92. The Morgan fingerprint density at radius 1 is 0.517 bits per heavy atom. The van der Waals surface area contributed by atoms with Gasteiger partial charge in [0.2, 0.25) is 0 Å². The van der Waals surface area contributed by atoms with Gasteiger partial charge in [0, 0.05) is 82.9 Å². The van der Waals surface area contributed by atoms with Crippen LogP contribution >= 0.6 is 27.5 Å². The molecule has 6 aromatic carbocycles. The third-order valence-electron chi connectivity index (χ3n) is 12.6. The van der Waals surface area contributed by atoms with Crippen molar-refractivity contribution in [2.75, 3.05) is 51.5 Å². The van der Waals surface area contributed by atoms with Crippen LogP contribution < -0.4 is 31.9 Å². The second-order valence-corrected chi connectivity index (χ2v) is 17.9. The van der Waals surface area contributed by atoms with Gasteiger partial charge in [-0.15, -0.1) is 0 Å². The lowest BCUT2D eigenvalue weighted by atomic mass is 10.0. The molecule has 0 unspecified atom stereocenters. The molecule has 0 radical (unpaired) electrons. The molecule has 3 aliphatic heterocycles. The minimum absolute atomic E-state index is 0.185. The van der Waals surface area contributed by atoms with Gasteiger partial charge in [-0.25, -0.2) is 4.39 Å². The van der Waals surface area contributed by atoms with Gasteiger partial charge >= 0.3 is 0 Å². The highest BCUT2D eigenvalue weighted by atomic mass is 79.9. The van der Waals surface area contributed by atoms with Gasteiger partial charge < -0.3 is 31.9 Å². The number of benzene rings is 6. The molecule has 9 heteroatoms. The first-order valence-corrected chi connectivity index (χ1v) is 22.0. The van der Waals surface area contributed by atoms with Crippen molar-refractivity contribution in [1.82, 2.24) is 0 Å². The number of aryl methyl sites for hydroxylation is 3. The largest absolute Gasteiger partial charge is 0.398 e. The first-order chi connectivity index (χ1) is 28.7. The van der Waals surface area contributed by atoms with Crippen LogP contribution in [0.3, 0.4) is 0 Å². The molecule has 0 spiro atoms. The van der Waals surface area contributed by atoms with Crippen LogP contribution in [0.2, 0.25) is 5.02 Å². The van der Waals surface area contributed by atoms with E-state index in [4.69, 9.17) is 28.8 Å². The van der Waals surface area contributed by atoms with Gasteiger partial charge in [0.15, 0.2) is 0 Å². The molecule has 312 valence electrons. The number of nitrogen functional groups attached to an aromatic ring is 3. The van der Waals surface area contributed by atoms with Crippen LogP contribution in [0.4, 0.5) is 38.5 Å². The third-order valence-corrected chi connectivity index (χ3v) is 13.3. The molecule has 0 amide bonds. The molecule has 3 heterocycles. The van der Waals surface area contributed by atoms with Gasteiger partial charge in [-0.05, 0) is 182 Å². The fourth-order valence-corrected chi connectivity index (χ4v) is 9.40. The van der Waals surface area contributed by atoms with Crippen molar-refractivity contribution in [2.45, 2.75) is 80.4 Å². The number of fused-ring (bicyclic) bond motifs is 3. The smallest absolute Gasteiger partial charge is 0.123 e. The van der Waals surface area contributed by atoms with Crippen molar-refractivity contribution < 1.29 is 4.39 Å². The molecule has 0 fully saturated rings. The van der Waals surface area contributed by atoms with Crippen molar-refractivity contribution >= 4 is 61.7 Å². The van der Waals surface area contributed by atoms with Crippen molar-refractivity contribution in [3.63, 3.8) is 0 Å². The minimum atomic E-state index is -0.185. The van der Waals surface area contributed by atoms with Crippen molar-refractivity contribution in [3.8, 4) is 0 Å². The highest BCUT2D eigenvalue weighted by Gasteiger charge is 2.25. The van der Waals surface area contributed by atoms with Gasteiger partial charge in [0.25, 0.3) is 0 Å². The van der Waals surface area contributed by atoms with Gasteiger partial charge in [-0.1, -0.05) is 63.9 Å². The van der Waals surface area contributed by atoms with Crippen LogP contribution in [-0.4, -0.2) is 19.6 Å². The molecular formula is C51H57BrClFN6. The van der Waals surface area contributed by atoms with Crippen LogP contribution in [0.25, 0.3) is 0 Å². The van der Waals surface area contributed by atoms with Crippen LogP contribution in [-0.2, 0) is 38.9 Å². The van der Waals surface area contributed by atoms with E-state index >= 15 is 0 Å². The van der Waals surface area contributed by atoms with E-state index in [0.29, 0.717) is 0 Å². The van der Waals surface area contributed by atoms with Crippen LogP contribution in [0, 0.1) is 47.4 Å².